The lowest BCUT2D eigenvalue weighted by Crippen LogP contribution is -2.25. The van der Waals surface area contributed by atoms with Crippen LogP contribution in [0.3, 0.4) is 0 Å². The molecule has 0 heterocycles. The second-order valence-corrected chi connectivity index (χ2v) is 6.49. The van der Waals surface area contributed by atoms with Gasteiger partial charge in [-0.05, 0) is 28.5 Å². The quantitative estimate of drug-likeness (QED) is 0.509. The highest BCUT2D eigenvalue weighted by Crippen LogP contribution is 2.22. The minimum atomic E-state index is -0.187. The Balaban J connectivity index is 1.54. The van der Waals surface area contributed by atoms with Crippen LogP contribution in [0, 0.1) is 0 Å². The Morgan fingerprint density at radius 2 is 1.73 bits per heavy atom. The third-order valence-corrected chi connectivity index (χ3v) is 4.24. The van der Waals surface area contributed by atoms with Gasteiger partial charge in [0.25, 0.3) is 5.91 Å². The summed E-state index contributed by atoms with van der Waals surface area (Å²) < 4.78 is 0. The van der Waals surface area contributed by atoms with Gasteiger partial charge >= 0.3 is 0 Å². The van der Waals surface area contributed by atoms with Crippen LogP contribution in [0.5, 0.6) is 0 Å². The number of hydrogen-bond donors (Lipinski definition) is 2. The molecule has 0 atom stereocenters. The van der Waals surface area contributed by atoms with Gasteiger partial charge in [-0.25, -0.2) is 5.43 Å². The molecular weight excluding hydrogens is 322 g/mol. The topological polar surface area (TPSA) is 53.5 Å². The van der Waals surface area contributed by atoms with Crippen molar-refractivity contribution in [1.29, 1.82) is 0 Å². The van der Waals surface area contributed by atoms with Crippen LogP contribution in [0.25, 0.3) is 10.8 Å². The summed E-state index contributed by atoms with van der Waals surface area (Å²) in [4.78, 5) is 12.0. The van der Waals surface area contributed by atoms with Gasteiger partial charge in [0.05, 0.1) is 12.8 Å². The van der Waals surface area contributed by atoms with Crippen molar-refractivity contribution in [2.75, 3.05) is 11.9 Å². The Morgan fingerprint density at radius 3 is 2.50 bits per heavy atom. The zero-order valence-electron chi connectivity index (χ0n) is 15.1. The van der Waals surface area contributed by atoms with Crippen molar-refractivity contribution in [2.24, 2.45) is 5.10 Å². The number of nitrogens with zero attached hydrogens (tertiary/aromatic N) is 1. The number of rotatable bonds is 6. The molecule has 0 spiro atoms. The van der Waals surface area contributed by atoms with Gasteiger partial charge in [-0.2, -0.15) is 5.10 Å². The van der Waals surface area contributed by atoms with E-state index in [-0.39, 0.29) is 12.5 Å². The first-order valence-corrected chi connectivity index (χ1v) is 8.77. The Kier molecular flexibility index (Phi) is 5.64. The molecule has 0 aromatic heterocycles. The molecule has 0 aliphatic heterocycles. The molecule has 26 heavy (non-hydrogen) atoms. The molecule has 0 aliphatic rings. The number of benzene rings is 3. The zero-order valence-corrected chi connectivity index (χ0v) is 15.1. The van der Waals surface area contributed by atoms with Crippen LogP contribution in [0.4, 0.5) is 5.69 Å². The largest absolute Gasteiger partial charge is 0.376 e. The fraction of sp³-hybridized carbons (Fsp3) is 0.182. The van der Waals surface area contributed by atoms with Crippen molar-refractivity contribution in [2.45, 2.75) is 19.8 Å². The molecule has 4 nitrogen and oxygen atoms in total. The summed E-state index contributed by atoms with van der Waals surface area (Å²) in [6, 6.07) is 22.2. The zero-order chi connectivity index (χ0) is 18.4. The van der Waals surface area contributed by atoms with Crippen LogP contribution in [0.1, 0.15) is 30.9 Å². The number of hydrogen-bond acceptors (Lipinski definition) is 3. The molecule has 0 bridgehead atoms. The van der Waals surface area contributed by atoms with Crippen LogP contribution in [-0.4, -0.2) is 18.7 Å². The monoisotopic (exact) mass is 345 g/mol. The van der Waals surface area contributed by atoms with E-state index in [0.29, 0.717) is 5.92 Å². The maximum absolute atomic E-state index is 12.0. The van der Waals surface area contributed by atoms with Gasteiger partial charge in [0.1, 0.15) is 0 Å². The van der Waals surface area contributed by atoms with E-state index in [2.05, 4.69) is 54.0 Å². The van der Waals surface area contributed by atoms with E-state index < -0.39 is 0 Å². The maximum Gasteiger partial charge on any atom is 0.259 e. The number of carbonyl (C=O) groups is 1. The normalized spacial score (nSPS) is 11.2. The predicted molar refractivity (Wildman–Crippen MR) is 109 cm³/mol. The molecule has 3 aromatic rings. The first-order chi connectivity index (χ1) is 12.6. The second kappa shape index (κ2) is 8.30. The summed E-state index contributed by atoms with van der Waals surface area (Å²) in [5.74, 6) is 0.314. The summed E-state index contributed by atoms with van der Waals surface area (Å²) in [7, 11) is 0. The fourth-order valence-corrected chi connectivity index (χ4v) is 2.74. The summed E-state index contributed by atoms with van der Waals surface area (Å²) >= 11 is 0. The van der Waals surface area contributed by atoms with Crippen molar-refractivity contribution in [1.82, 2.24) is 5.43 Å². The number of fused-ring (bicyclic) bond motifs is 1. The number of hydrazone groups is 1. The van der Waals surface area contributed by atoms with Gasteiger partial charge in [-0.3, -0.25) is 4.79 Å². The Labute approximate surface area is 153 Å². The summed E-state index contributed by atoms with van der Waals surface area (Å²) in [5.41, 5.74) is 5.73. The standard InChI is InChI=1S/C22H23N3O/c1-16(2)18-12-10-17(11-13-18)14-24-25-22(26)15-23-21-9-5-7-19-6-3-4-8-20(19)21/h3-14,16,23H,15H2,1-2H3,(H,25,26)/b24-14+. The fourth-order valence-electron chi connectivity index (χ4n) is 2.74. The highest BCUT2D eigenvalue weighted by molar-refractivity contribution is 5.95. The molecule has 3 rings (SSSR count). The van der Waals surface area contributed by atoms with Crippen molar-refractivity contribution < 1.29 is 4.79 Å². The van der Waals surface area contributed by atoms with Crippen molar-refractivity contribution >= 4 is 28.6 Å². The van der Waals surface area contributed by atoms with E-state index in [4.69, 9.17) is 0 Å². The van der Waals surface area contributed by atoms with Gasteiger partial charge < -0.3 is 5.32 Å². The number of carbonyl (C=O) groups excluding carboxylic acids is 1. The van der Waals surface area contributed by atoms with E-state index in [1.165, 1.54) is 5.56 Å². The Hall–Kier alpha value is -3.14. The van der Waals surface area contributed by atoms with Crippen LogP contribution >= 0.6 is 0 Å². The van der Waals surface area contributed by atoms with E-state index >= 15 is 0 Å². The smallest absolute Gasteiger partial charge is 0.259 e. The highest BCUT2D eigenvalue weighted by Gasteiger charge is 2.03. The average molecular weight is 345 g/mol. The lowest BCUT2D eigenvalue weighted by atomic mass is 10.0. The summed E-state index contributed by atoms with van der Waals surface area (Å²) in [6.07, 6.45) is 1.65. The molecule has 0 fully saturated rings. The molecule has 3 aromatic carbocycles. The molecule has 4 heteroatoms. The molecule has 0 saturated carbocycles. The minimum Gasteiger partial charge on any atom is -0.376 e. The van der Waals surface area contributed by atoms with Crippen molar-refractivity contribution in [3.63, 3.8) is 0 Å². The van der Waals surface area contributed by atoms with Gasteiger partial charge in [0.2, 0.25) is 0 Å². The third kappa shape index (κ3) is 4.48. The molecule has 0 radical (unpaired) electrons. The first kappa shape index (κ1) is 17.7. The van der Waals surface area contributed by atoms with Crippen LogP contribution in [0.15, 0.2) is 71.8 Å². The second-order valence-electron chi connectivity index (χ2n) is 6.49. The van der Waals surface area contributed by atoms with Gasteiger partial charge in [0.15, 0.2) is 0 Å². The Morgan fingerprint density at radius 1 is 1.00 bits per heavy atom. The maximum atomic E-state index is 12.0. The summed E-state index contributed by atoms with van der Waals surface area (Å²) in [5, 5.41) is 9.43. The highest BCUT2D eigenvalue weighted by atomic mass is 16.2. The first-order valence-electron chi connectivity index (χ1n) is 8.77. The van der Waals surface area contributed by atoms with E-state index in [1.54, 1.807) is 6.21 Å². The lowest BCUT2D eigenvalue weighted by molar-refractivity contribution is -0.119. The van der Waals surface area contributed by atoms with Gasteiger partial charge in [-0.1, -0.05) is 74.5 Å². The average Bonchev–Trinajstić information content (AvgIpc) is 2.66. The number of anilines is 1. The molecule has 0 saturated heterocycles. The summed E-state index contributed by atoms with van der Waals surface area (Å²) in [6.45, 7) is 4.48. The molecule has 0 unspecified atom stereocenters. The van der Waals surface area contributed by atoms with Crippen molar-refractivity contribution in [3.05, 3.63) is 77.9 Å². The molecule has 2 N–H and O–H groups in total. The Bertz CT molecular complexity index is 909. The van der Waals surface area contributed by atoms with Gasteiger partial charge in [0, 0.05) is 11.1 Å². The van der Waals surface area contributed by atoms with Crippen molar-refractivity contribution in [3.8, 4) is 0 Å². The lowest BCUT2D eigenvalue weighted by Gasteiger charge is -2.08. The minimum absolute atomic E-state index is 0.164. The van der Waals surface area contributed by atoms with Crippen LogP contribution in [0.2, 0.25) is 0 Å². The predicted octanol–water partition coefficient (Wildman–Crippen LogP) is 4.53. The SMILES string of the molecule is CC(C)c1ccc(/C=N/NC(=O)CNc2cccc3ccccc23)cc1. The van der Waals surface area contributed by atoms with Gasteiger partial charge in [-0.15, -0.1) is 0 Å². The van der Waals surface area contributed by atoms with Crippen LogP contribution in [-0.2, 0) is 4.79 Å². The number of nitrogens with one attached hydrogen (secondary N) is 2. The number of amides is 1. The molecule has 0 aliphatic carbocycles. The third-order valence-electron chi connectivity index (χ3n) is 4.24. The molecule has 132 valence electrons. The van der Waals surface area contributed by atoms with E-state index in [9.17, 15) is 4.79 Å². The molecule has 1 amide bonds. The van der Waals surface area contributed by atoms with Crippen LogP contribution < -0.4 is 10.7 Å². The van der Waals surface area contributed by atoms with E-state index in [0.717, 1.165) is 22.0 Å². The van der Waals surface area contributed by atoms with E-state index in [1.807, 2.05) is 42.5 Å². The molecular formula is C22H23N3O.